The minimum atomic E-state index is 0.206. The highest BCUT2D eigenvalue weighted by Gasteiger charge is 2.26. The topological polar surface area (TPSA) is 55.7 Å². The molecule has 0 bridgehead atoms. The van der Waals surface area contributed by atoms with Crippen LogP contribution in [-0.4, -0.2) is 54.0 Å². The van der Waals surface area contributed by atoms with E-state index < -0.39 is 0 Å². The van der Waals surface area contributed by atoms with Gasteiger partial charge in [0.05, 0.1) is 6.61 Å². The van der Waals surface area contributed by atoms with E-state index in [0.717, 1.165) is 39.0 Å². The van der Waals surface area contributed by atoms with Crippen LogP contribution in [-0.2, 0) is 6.54 Å². The number of hydrogen-bond donors (Lipinski definition) is 3. The second-order valence-electron chi connectivity index (χ2n) is 5.66. The fraction of sp³-hybridized carbons (Fsp3) is 0.625. The van der Waals surface area contributed by atoms with Crippen LogP contribution in [0.5, 0.6) is 0 Å². The molecule has 1 aromatic rings. The number of nitrogens with one attached hydrogen (secondary N) is 1. The van der Waals surface area contributed by atoms with Crippen LogP contribution in [0.3, 0.4) is 0 Å². The molecule has 1 aromatic carbocycles. The molecule has 0 spiro atoms. The Morgan fingerprint density at radius 2 is 1.90 bits per heavy atom. The molecule has 4 heteroatoms. The van der Waals surface area contributed by atoms with E-state index in [2.05, 4.69) is 34.5 Å². The Hall–Kier alpha value is -0.940. The SMILES string of the molecule is OCCC1CC(NCc2ccccc2)CN(CCO)C1. The molecule has 2 rings (SSSR count). The summed E-state index contributed by atoms with van der Waals surface area (Å²) in [7, 11) is 0. The molecule has 1 saturated heterocycles. The lowest BCUT2D eigenvalue weighted by atomic mass is 9.91. The second kappa shape index (κ2) is 8.37. The molecule has 1 aliphatic rings. The summed E-state index contributed by atoms with van der Waals surface area (Å²) in [6.07, 6.45) is 1.96. The van der Waals surface area contributed by atoms with Crippen LogP contribution in [0.15, 0.2) is 30.3 Å². The van der Waals surface area contributed by atoms with Gasteiger partial charge in [-0.25, -0.2) is 0 Å². The van der Waals surface area contributed by atoms with E-state index in [9.17, 15) is 0 Å². The first-order valence-corrected chi connectivity index (χ1v) is 7.53. The van der Waals surface area contributed by atoms with Gasteiger partial charge in [0.1, 0.15) is 0 Å². The summed E-state index contributed by atoms with van der Waals surface area (Å²) in [6.45, 7) is 4.04. The van der Waals surface area contributed by atoms with E-state index in [0.29, 0.717) is 12.0 Å². The van der Waals surface area contributed by atoms with Crippen molar-refractivity contribution in [3.05, 3.63) is 35.9 Å². The summed E-state index contributed by atoms with van der Waals surface area (Å²) in [5.74, 6) is 0.522. The molecule has 0 amide bonds. The normalized spacial score (nSPS) is 23.9. The Bertz CT molecular complexity index is 358. The van der Waals surface area contributed by atoms with Gasteiger partial charge < -0.3 is 15.5 Å². The lowest BCUT2D eigenvalue weighted by molar-refractivity contribution is 0.102. The third-order valence-corrected chi connectivity index (χ3v) is 4.00. The summed E-state index contributed by atoms with van der Waals surface area (Å²) in [4.78, 5) is 2.30. The first-order valence-electron chi connectivity index (χ1n) is 7.53. The first kappa shape index (κ1) is 15.4. The number of benzene rings is 1. The van der Waals surface area contributed by atoms with Crippen molar-refractivity contribution in [2.75, 3.05) is 32.8 Å². The van der Waals surface area contributed by atoms with Crippen molar-refractivity contribution < 1.29 is 10.2 Å². The molecule has 0 radical (unpaired) electrons. The molecule has 112 valence electrons. The van der Waals surface area contributed by atoms with Crippen LogP contribution in [0, 0.1) is 5.92 Å². The van der Waals surface area contributed by atoms with Crippen LogP contribution < -0.4 is 5.32 Å². The lowest BCUT2D eigenvalue weighted by Gasteiger charge is -2.38. The largest absolute Gasteiger partial charge is 0.396 e. The molecular weight excluding hydrogens is 252 g/mol. The van der Waals surface area contributed by atoms with Gasteiger partial charge >= 0.3 is 0 Å². The monoisotopic (exact) mass is 278 g/mol. The first-order chi connectivity index (χ1) is 9.81. The van der Waals surface area contributed by atoms with Crippen molar-refractivity contribution in [3.8, 4) is 0 Å². The molecule has 1 heterocycles. The van der Waals surface area contributed by atoms with Crippen LogP contribution >= 0.6 is 0 Å². The van der Waals surface area contributed by atoms with E-state index in [1.165, 1.54) is 5.56 Å². The fourth-order valence-electron chi connectivity index (χ4n) is 3.02. The summed E-state index contributed by atoms with van der Waals surface area (Å²) in [5.41, 5.74) is 1.30. The molecule has 3 N–H and O–H groups in total. The van der Waals surface area contributed by atoms with E-state index in [4.69, 9.17) is 10.2 Å². The minimum absolute atomic E-state index is 0.206. The fourth-order valence-corrected chi connectivity index (χ4v) is 3.02. The van der Waals surface area contributed by atoms with Gasteiger partial charge in [-0.2, -0.15) is 0 Å². The van der Waals surface area contributed by atoms with Crippen molar-refractivity contribution in [1.82, 2.24) is 10.2 Å². The van der Waals surface area contributed by atoms with Crippen LogP contribution in [0.1, 0.15) is 18.4 Å². The van der Waals surface area contributed by atoms with Crippen molar-refractivity contribution in [1.29, 1.82) is 0 Å². The maximum atomic E-state index is 9.14. The highest BCUT2D eigenvalue weighted by Crippen LogP contribution is 2.20. The number of rotatable bonds is 7. The van der Waals surface area contributed by atoms with Gasteiger partial charge in [-0.3, -0.25) is 4.90 Å². The third-order valence-electron chi connectivity index (χ3n) is 4.00. The number of piperidine rings is 1. The quantitative estimate of drug-likeness (QED) is 0.692. The van der Waals surface area contributed by atoms with Gasteiger partial charge in [-0.1, -0.05) is 30.3 Å². The maximum Gasteiger partial charge on any atom is 0.0558 e. The van der Waals surface area contributed by atoms with E-state index in [-0.39, 0.29) is 13.2 Å². The Labute approximate surface area is 121 Å². The molecule has 0 aromatic heterocycles. The second-order valence-corrected chi connectivity index (χ2v) is 5.66. The molecule has 2 unspecified atom stereocenters. The lowest BCUT2D eigenvalue weighted by Crippen LogP contribution is -2.49. The van der Waals surface area contributed by atoms with Crippen LogP contribution in [0.25, 0.3) is 0 Å². The number of aliphatic hydroxyl groups excluding tert-OH is 2. The third kappa shape index (κ3) is 4.87. The average Bonchev–Trinajstić information content (AvgIpc) is 2.47. The Morgan fingerprint density at radius 1 is 1.10 bits per heavy atom. The number of hydrogen-bond acceptors (Lipinski definition) is 4. The number of aliphatic hydroxyl groups is 2. The predicted molar refractivity (Wildman–Crippen MR) is 80.4 cm³/mol. The Kier molecular flexibility index (Phi) is 6.47. The predicted octanol–water partition coefficient (Wildman–Crippen LogP) is 0.841. The molecule has 20 heavy (non-hydrogen) atoms. The van der Waals surface area contributed by atoms with Crippen molar-refractivity contribution >= 4 is 0 Å². The molecule has 1 aliphatic heterocycles. The van der Waals surface area contributed by atoms with Gasteiger partial charge in [0, 0.05) is 38.8 Å². The van der Waals surface area contributed by atoms with Crippen molar-refractivity contribution in [3.63, 3.8) is 0 Å². The summed E-state index contributed by atoms with van der Waals surface area (Å²) >= 11 is 0. The van der Waals surface area contributed by atoms with Crippen molar-refractivity contribution in [2.24, 2.45) is 5.92 Å². The highest BCUT2D eigenvalue weighted by atomic mass is 16.3. The summed E-state index contributed by atoms with van der Waals surface area (Å²) < 4.78 is 0. The highest BCUT2D eigenvalue weighted by molar-refractivity contribution is 5.14. The van der Waals surface area contributed by atoms with Gasteiger partial charge in [-0.05, 0) is 24.3 Å². The summed E-state index contributed by atoms with van der Waals surface area (Å²) in [5, 5.41) is 21.9. The van der Waals surface area contributed by atoms with Gasteiger partial charge in [0.2, 0.25) is 0 Å². The molecular formula is C16H26N2O2. The standard InChI is InChI=1S/C16H26N2O2/c19-8-6-15-10-16(13-18(12-15)7-9-20)17-11-14-4-2-1-3-5-14/h1-5,15-17,19-20H,6-13H2. The maximum absolute atomic E-state index is 9.14. The zero-order valence-electron chi connectivity index (χ0n) is 12.0. The zero-order valence-corrected chi connectivity index (χ0v) is 12.0. The Morgan fingerprint density at radius 3 is 2.60 bits per heavy atom. The van der Waals surface area contributed by atoms with E-state index >= 15 is 0 Å². The molecule has 1 fully saturated rings. The zero-order chi connectivity index (χ0) is 14.2. The number of β-amino-alcohol motifs (C(OH)–C–C–N with tert-alkyl or cyclic N) is 1. The van der Waals surface area contributed by atoms with Crippen molar-refractivity contribution in [2.45, 2.75) is 25.4 Å². The summed E-state index contributed by atoms with van der Waals surface area (Å²) in [6, 6.07) is 10.9. The average molecular weight is 278 g/mol. The smallest absolute Gasteiger partial charge is 0.0558 e. The van der Waals surface area contributed by atoms with Gasteiger partial charge in [0.15, 0.2) is 0 Å². The number of nitrogens with zero attached hydrogens (tertiary/aromatic N) is 1. The van der Waals surface area contributed by atoms with E-state index in [1.807, 2.05) is 6.07 Å². The van der Waals surface area contributed by atoms with Gasteiger partial charge in [0.25, 0.3) is 0 Å². The Balaban J connectivity index is 1.85. The molecule has 0 aliphatic carbocycles. The molecule has 0 saturated carbocycles. The minimum Gasteiger partial charge on any atom is -0.396 e. The molecule has 4 nitrogen and oxygen atoms in total. The van der Waals surface area contributed by atoms with Crippen LogP contribution in [0.4, 0.5) is 0 Å². The van der Waals surface area contributed by atoms with E-state index in [1.54, 1.807) is 0 Å². The van der Waals surface area contributed by atoms with Gasteiger partial charge in [-0.15, -0.1) is 0 Å². The number of likely N-dealkylation sites (tertiary alicyclic amines) is 1. The van der Waals surface area contributed by atoms with Crippen LogP contribution in [0.2, 0.25) is 0 Å². The molecule has 2 atom stereocenters.